The molecule has 2 atom stereocenters. The van der Waals surface area contributed by atoms with Crippen LogP contribution in [0.15, 0.2) is 41.3 Å². The zero-order valence-corrected chi connectivity index (χ0v) is 24.7. The van der Waals surface area contributed by atoms with Crippen molar-refractivity contribution in [1.82, 2.24) is 19.5 Å². The van der Waals surface area contributed by atoms with Gasteiger partial charge in [0, 0.05) is 22.9 Å². The van der Waals surface area contributed by atoms with Gasteiger partial charge in [0.2, 0.25) is 5.95 Å². The Kier molecular flexibility index (Phi) is 9.49. The van der Waals surface area contributed by atoms with Crippen molar-refractivity contribution >= 4 is 28.9 Å². The number of nitrogens with zero attached hydrogens (tertiary/aromatic N) is 5. The molecule has 2 amide bonds. The van der Waals surface area contributed by atoms with Crippen LogP contribution in [0.3, 0.4) is 0 Å². The number of carbonyl (C=O) groups is 2. The number of anilines is 1. The Morgan fingerprint density at radius 1 is 1.10 bits per heavy atom. The lowest BCUT2D eigenvalue weighted by Gasteiger charge is -2.36. The van der Waals surface area contributed by atoms with Gasteiger partial charge in [0.25, 0.3) is 17.7 Å². The summed E-state index contributed by atoms with van der Waals surface area (Å²) in [5, 5.41) is 6.85. The van der Waals surface area contributed by atoms with Gasteiger partial charge in [-0.2, -0.15) is 21.9 Å². The maximum atomic E-state index is 14.2. The third-order valence-electron chi connectivity index (χ3n) is 5.98. The van der Waals surface area contributed by atoms with Gasteiger partial charge in [-0.05, 0) is 65.8 Å². The molecule has 1 aromatic carbocycles. The molecule has 0 bridgehead atoms. The predicted octanol–water partition coefficient (Wildman–Crippen LogP) is 4.71. The van der Waals surface area contributed by atoms with Crippen molar-refractivity contribution in [3.8, 4) is 11.6 Å². The lowest BCUT2D eigenvalue weighted by molar-refractivity contribution is -0.142. The highest BCUT2D eigenvalue weighted by Gasteiger charge is 2.41. The first-order valence-electron chi connectivity index (χ1n) is 12.5. The summed E-state index contributed by atoms with van der Waals surface area (Å²) in [6, 6.07) is 7.10. The molecule has 226 valence electrons. The Balaban J connectivity index is 2.20. The van der Waals surface area contributed by atoms with Crippen LogP contribution < -0.4 is 15.4 Å². The van der Waals surface area contributed by atoms with Crippen LogP contribution >= 0.6 is 0 Å². The number of hydrogen-bond donors (Lipinski definition) is 1. The van der Waals surface area contributed by atoms with Crippen LogP contribution in [0.2, 0.25) is 0 Å². The van der Waals surface area contributed by atoms with Crippen molar-refractivity contribution in [3.05, 3.63) is 64.9 Å². The van der Waals surface area contributed by atoms with E-state index in [1.807, 2.05) is 0 Å². The molecular weight excluding hydrogens is 580 g/mol. The zero-order chi connectivity index (χ0) is 31.7. The largest absolute Gasteiger partial charge is 0.588 e. The molecule has 42 heavy (non-hydrogen) atoms. The number of rotatable bonds is 7. The first-order chi connectivity index (χ1) is 19.3. The number of aromatic nitrogens is 3. The molecule has 0 aliphatic rings. The van der Waals surface area contributed by atoms with Crippen LogP contribution in [0.25, 0.3) is 0 Å². The van der Waals surface area contributed by atoms with Gasteiger partial charge in [-0.15, -0.1) is 10.2 Å². The molecule has 15 heteroatoms. The molecule has 0 saturated heterocycles. The standard InChI is InChI=1S/C27H30F4N6O4S/c1-14-21(23(35-34-22(14)27(29,30)31)41-19-11-12-20(28)33-16(19)3)25(39)37(26(4,5)6)17-9-8-10-18(13-17)42(40)36(7)24(38)15(2)32/h8-13,15H,32H2,1-7H3/t15-,42?/m1/s1. The fourth-order valence-corrected chi connectivity index (χ4v) is 5.06. The minimum Gasteiger partial charge on any atom is -0.588 e. The van der Waals surface area contributed by atoms with Crippen molar-refractivity contribution in [2.75, 3.05) is 11.9 Å². The zero-order valence-electron chi connectivity index (χ0n) is 23.9. The second-order valence-electron chi connectivity index (χ2n) is 10.4. The maximum absolute atomic E-state index is 14.2. The fourth-order valence-electron chi connectivity index (χ4n) is 4.00. The molecule has 0 saturated carbocycles. The van der Waals surface area contributed by atoms with E-state index in [4.69, 9.17) is 10.5 Å². The van der Waals surface area contributed by atoms with E-state index in [1.54, 1.807) is 20.8 Å². The molecule has 0 aliphatic heterocycles. The van der Waals surface area contributed by atoms with Gasteiger partial charge in [-0.1, -0.05) is 6.07 Å². The van der Waals surface area contributed by atoms with Crippen LogP contribution in [-0.4, -0.2) is 54.5 Å². The molecule has 3 aromatic rings. The quantitative estimate of drug-likeness (QED) is 0.231. The predicted molar refractivity (Wildman–Crippen MR) is 147 cm³/mol. The summed E-state index contributed by atoms with van der Waals surface area (Å²) in [4.78, 5) is 31.5. The highest BCUT2D eigenvalue weighted by molar-refractivity contribution is 7.89. The highest BCUT2D eigenvalue weighted by Crippen LogP contribution is 2.38. The fraction of sp³-hybridized carbons (Fsp3) is 0.370. The maximum Gasteiger partial charge on any atom is 0.435 e. The summed E-state index contributed by atoms with van der Waals surface area (Å²) in [7, 11) is 1.31. The second kappa shape index (κ2) is 12.2. The van der Waals surface area contributed by atoms with E-state index in [1.165, 1.54) is 56.1 Å². The molecular formula is C27H30F4N6O4S. The Morgan fingerprint density at radius 3 is 2.29 bits per heavy atom. The lowest BCUT2D eigenvalue weighted by Crippen LogP contribution is -2.47. The number of aryl methyl sites for hydroxylation is 1. The molecule has 2 aromatic heterocycles. The van der Waals surface area contributed by atoms with Crippen LogP contribution in [0, 0.1) is 19.8 Å². The van der Waals surface area contributed by atoms with Gasteiger partial charge in [-0.3, -0.25) is 9.59 Å². The molecule has 2 heterocycles. The van der Waals surface area contributed by atoms with Gasteiger partial charge >= 0.3 is 6.18 Å². The number of alkyl halides is 3. The van der Waals surface area contributed by atoms with Gasteiger partial charge in [0.1, 0.15) is 16.9 Å². The van der Waals surface area contributed by atoms with Gasteiger partial charge < -0.3 is 19.9 Å². The van der Waals surface area contributed by atoms with E-state index >= 15 is 0 Å². The number of carbonyl (C=O) groups excluding carboxylic acids is 2. The lowest BCUT2D eigenvalue weighted by atomic mass is 10.00. The number of ether oxygens (including phenoxy) is 1. The Morgan fingerprint density at radius 2 is 1.74 bits per heavy atom. The topological polar surface area (TPSA) is 138 Å². The summed E-state index contributed by atoms with van der Waals surface area (Å²) in [6.07, 6.45) is -4.95. The first-order valence-corrected chi connectivity index (χ1v) is 13.6. The molecule has 0 spiro atoms. The third-order valence-corrected chi connectivity index (χ3v) is 7.31. The van der Waals surface area contributed by atoms with Crippen molar-refractivity contribution in [2.45, 2.75) is 64.2 Å². The SMILES string of the molecule is Cc1nc(F)ccc1Oc1nnc(C(F)(F)F)c(C)c1C(=O)N(c1cccc([S+]([O-])N(C)C(=O)[C@@H](C)N)c1)C(C)(C)C. The van der Waals surface area contributed by atoms with Crippen molar-refractivity contribution in [3.63, 3.8) is 0 Å². The molecule has 0 fully saturated rings. The minimum absolute atomic E-state index is 0.0551. The second-order valence-corrected chi connectivity index (χ2v) is 11.9. The van der Waals surface area contributed by atoms with Crippen LogP contribution in [0.1, 0.15) is 55.0 Å². The van der Waals surface area contributed by atoms with E-state index in [0.717, 1.165) is 17.3 Å². The number of benzene rings is 1. The molecule has 10 nitrogen and oxygen atoms in total. The van der Waals surface area contributed by atoms with Crippen LogP contribution in [-0.2, 0) is 22.3 Å². The number of hydrogen-bond acceptors (Lipinski definition) is 8. The average molecular weight is 611 g/mol. The molecule has 0 radical (unpaired) electrons. The van der Waals surface area contributed by atoms with Gasteiger partial charge in [0.05, 0.1) is 18.8 Å². The first kappa shape index (κ1) is 32.7. The molecule has 2 N–H and O–H groups in total. The smallest absolute Gasteiger partial charge is 0.435 e. The monoisotopic (exact) mass is 610 g/mol. The van der Waals surface area contributed by atoms with Crippen LogP contribution in [0.5, 0.6) is 11.6 Å². The van der Waals surface area contributed by atoms with Crippen LogP contribution in [0.4, 0.5) is 23.2 Å². The van der Waals surface area contributed by atoms with E-state index in [2.05, 4.69) is 15.2 Å². The number of halogens is 4. The highest BCUT2D eigenvalue weighted by atomic mass is 32.2. The summed E-state index contributed by atoms with van der Waals surface area (Å²) < 4.78 is 74.9. The normalized spacial score (nSPS) is 13.4. The van der Waals surface area contributed by atoms with E-state index in [0.29, 0.717) is 0 Å². The molecule has 1 unspecified atom stereocenters. The number of likely N-dealkylation sites (N-methyl/N-ethyl adjacent to an activating group) is 1. The van der Waals surface area contributed by atoms with Gasteiger partial charge in [-0.25, -0.2) is 4.98 Å². The Labute approximate surface area is 243 Å². The molecule has 3 rings (SSSR count). The Bertz CT molecular complexity index is 1500. The third kappa shape index (κ3) is 6.97. The minimum atomic E-state index is -4.95. The summed E-state index contributed by atoms with van der Waals surface area (Å²) in [5.41, 5.74) is 2.30. The number of amides is 2. The van der Waals surface area contributed by atoms with E-state index < -0.39 is 69.6 Å². The average Bonchev–Trinajstić information content (AvgIpc) is 2.87. The van der Waals surface area contributed by atoms with Crippen molar-refractivity contribution in [2.24, 2.45) is 5.73 Å². The summed E-state index contributed by atoms with van der Waals surface area (Å²) in [5.74, 6) is -2.95. The molecule has 0 aliphatic carbocycles. The Hall–Kier alpha value is -3.82. The van der Waals surface area contributed by atoms with Crippen molar-refractivity contribution < 1.29 is 36.4 Å². The summed E-state index contributed by atoms with van der Waals surface area (Å²) in [6.45, 7) is 8.84. The van der Waals surface area contributed by atoms with E-state index in [-0.39, 0.29) is 22.0 Å². The van der Waals surface area contributed by atoms with E-state index in [9.17, 15) is 31.7 Å². The van der Waals surface area contributed by atoms with Crippen molar-refractivity contribution in [1.29, 1.82) is 0 Å². The summed E-state index contributed by atoms with van der Waals surface area (Å²) >= 11 is -2.01. The number of pyridine rings is 1. The number of nitrogens with two attached hydrogens (primary N) is 1. The van der Waals surface area contributed by atoms with Gasteiger partial charge in [0.15, 0.2) is 16.3 Å².